The summed E-state index contributed by atoms with van der Waals surface area (Å²) in [5, 5.41) is 2.95. The molecule has 22 heavy (non-hydrogen) atoms. The van der Waals surface area contributed by atoms with Crippen LogP contribution in [0.1, 0.15) is 54.9 Å². The molecule has 1 saturated heterocycles. The van der Waals surface area contributed by atoms with Crippen LogP contribution in [0.2, 0.25) is 0 Å². The third-order valence-electron chi connectivity index (χ3n) is 6.17. The molecule has 124 valence electrons. The van der Waals surface area contributed by atoms with E-state index in [0.29, 0.717) is 0 Å². The van der Waals surface area contributed by atoms with E-state index in [9.17, 15) is 9.59 Å². The van der Waals surface area contributed by atoms with Gasteiger partial charge in [-0.25, -0.2) is 0 Å². The lowest BCUT2D eigenvalue weighted by molar-refractivity contribution is -0.151. The minimum Gasteiger partial charge on any atom is -0.369 e. The Balaban J connectivity index is 2.72. The Hall–Kier alpha value is -1.36. The second-order valence-electron chi connectivity index (χ2n) is 7.51. The van der Waals surface area contributed by atoms with Gasteiger partial charge in [-0.3, -0.25) is 9.59 Å². The van der Waals surface area contributed by atoms with Crippen LogP contribution in [0.3, 0.4) is 0 Å². The van der Waals surface area contributed by atoms with E-state index >= 15 is 0 Å². The molecule has 1 fully saturated rings. The number of rotatable bonds is 4. The fraction of sp³-hybridized carbons (Fsp3) is 0.765. The number of carbonyl (C=O) groups excluding carboxylic acids is 2. The lowest BCUT2D eigenvalue weighted by atomic mass is 9.49. The number of nitrogens with one attached hydrogen (secondary N) is 1. The number of nitrogens with two attached hydrogens (primary N) is 1. The smallest absolute Gasteiger partial charge is 0.230 e. The van der Waals surface area contributed by atoms with Crippen molar-refractivity contribution < 1.29 is 14.3 Å². The molecule has 0 aliphatic carbocycles. The summed E-state index contributed by atoms with van der Waals surface area (Å²) in [5.74, 6) is -0.694. The summed E-state index contributed by atoms with van der Waals surface area (Å²) in [4.78, 5) is 25.5. The summed E-state index contributed by atoms with van der Waals surface area (Å²) in [6.07, 6.45) is 2.76. The first kappa shape index (κ1) is 17.0. The quantitative estimate of drug-likeness (QED) is 0.778. The molecule has 2 heterocycles. The minimum absolute atomic E-state index is 0.0222. The highest BCUT2D eigenvalue weighted by Crippen LogP contribution is 2.69. The highest BCUT2D eigenvalue weighted by atomic mass is 16.5. The summed E-state index contributed by atoms with van der Waals surface area (Å²) < 4.78 is 6.29. The number of ether oxygens (including phenoxy) is 1. The third-order valence-corrected chi connectivity index (χ3v) is 6.17. The van der Waals surface area contributed by atoms with Gasteiger partial charge >= 0.3 is 0 Å². The zero-order chi connectivity index (χ0) is 17.1. The predicted octanol–water partition coefficient (Wildman–Crippen LogP) is 1.91. The van der Waals surface area contributed by atoms with Crippen molar-refractivity contribution in [2.24, 2.45) is 16.6 Å². The van der Waals surface area contributed by atoms with E-state index in [1.165, 1.54) is 0 Å². The number of fused-ring (bicyclic) bond motifs is 2. The summed E-state index contributed by atoms with van der Waals surface area (Å²) in [6, 6.07) is -0.0222. The van der Waals surface area contributed by atoms with Crippen LogP contribution in [0.25, 0.3) is 0 Å². The molecule has 3 N–H and O–H groups in total. The van der Waals surface area contributed by atoms with E-state index < -0.39 is 27.9 Å². The fourth-order valence-corrected chi connectivity index (χ4v) is 4.41. The fourth-order valence-electron chi connectivity index (χ4n) is 4.41. The molecule has 2 bridgehead atoms. The monoisotopic (exact) mass is 308 g/mol. The van der Waals surface area contributed by atoms with Gasteiger partial charge in [-0.1, -0.05) is 6.92 Å². The van der Waals surface area contributed by atoms with E-state index in [4.69, 9.17) is 10.5 Å². The molecule has 4 unspecified atom stereocenters. The first-order valence-corrected chi connectivity index (χ1v) is 7.94. The van der Waals surface area contributed by atoms with Crippen molar-refractivity contribution in [3.63, 3.8) is 0 Å². The second-order valence-corrected chi connectivity index (χ2v) is 7.51. The number of carbonyl (C=O) groups is 2. The molecule has 2 rings (SSSR count). The molecule has 0 aromatic rings. The molecule has 2 aliphatic rings. The third kappa shape index (κ3) is 1.58. The maximum absolute atomic E-state index is 13.1. The van der Waals surface area contributed by atoms with Gasteiger partial charge in [0.15, 0.2) is 0 Å². The Morgan fingerprint density at radius 3 is 2.18 bits per heavy atom. The molecular formula is C17H28N2O3. The molecule has 0 aromatic heterocycles. The van der Waals surface area contributed by atoms with Crippen LogP contribution in [0.15, 0.2) is 11.6 Å². The van der Waals surface area contributed by atoms with Crippen molar-refractivity contribution in [3.8, 4) is 0 Å². The normalized spacial score (nSPS) is 43.4. The zero-order valence-electron chi connectivity index (χ0n) is 14.7. The molecule has 5 heteroatoms. The van der Waals surface area contributed by atoms with Gasteiger partial charge in [0.1, 0.15) is 11.2 Å². The SMILES string of the molecule is CCC1=CC2(C)OC1(C)C(C)(C(=O)NC(C)C)C2(C)C(N)=O. The van der Waals surface area contributed by atoms with E-state index in [2.05, 4.69) is 5.32 Å². The maximum Gasteiger partial charge on any atom is 0.230 e. The van der Waals surface area contributed by atoms with Gasteiger partial charge in [-0.15, -0.1) is 0 Å². The van der Waals surface area contributed by atoms with Gasteiger partial charge in [0, 0.05) is 6.04 Å². The lowest BCUT2D eigenvalue weighted by Crippen LogP contribution is -2.66. The highest BCUT2D eigenvalue weighted by molar-refractivity contribution is 5.97. The summed E-state index contributed by atoms with van der Waals surface area (Å²) in [5.41, 5.74) is 2.93. The molecule has 0 aromatic carbocycles. The standard InChI is InChI=1S/C17H28N2O3/c1-8-11-9-14(4)15(5,12(18)20)16(6,17(11,7)22-14)13(21)19-10(2)3/h9-10H,8H2,1-7H3,(H2,18,20)(H,19,21). The van der Waals surface area contributed by atoms with E-state index in [0.717, 1.165) is 12.0 Å². The average molecular weight is 308 g/mol. The van der Waals surface area contributed by atoms with Crippen molar-refractivity contribution in [2.45, 2.75) is 72.1 Å². The number of amides is 2. The Kier molecular flexibility index (Phi) is 3.53. The molecule has 2 aliphatic heterocycles. The Morgan fingerprint density at radius 2 is 1.77 bits per heavy atom. The van der Waals surface area contributed by atoms with E-state index in [1.807, 2.05) is 47.6 Å². The molecular weight excluding hydrogens is 280 g/mol. The molecule has 0 saturated carbocycles. The zero-order valence-corrected chi connectivity index (χ0v) is 14.7. The summed E-state index contributed by atoms with van der Waals surface area (Å²) in [6.45, 7) is 13.2. The highest BCUT2D eigenvalue weighted by Gasteiger charge is 2.80. The Morgan fingerprint density at radius 1 is 1.23 bits per heavy atom. The minimum atomic E-state index is -1.12. The Bertz CT molecular complexity index is 570. The van der Waals surface area contributed by atoms with Crippen molar-refractivity contribution in [2.75, 3.05) is 0 Å². The largest absolute Gasteiger partial charge is 0.369 e. The van der Waals surface area contributed by atoms with Crippen LogP contribution < -0.4 is 11.1 Å². The summed E-state index contributed by atoms with van der Waals surface area (Å²) >= 11 is 0. The number of hydrogen-bond donors (Lipinski definition) is 2. The predicted molar refractivity (Wildman–Crippen MR) is 85.0 cm³/mol. The van der Waals surface area contributed by atoms with Crippen molar-refractivity contribution in [1.29, 1.82) is 0 Å². The molecule has 0 spiro atoms. The van der Waals surface area contributed by atoms with E-state index in [-0.39, 0.29) is 11.9 Å². The van der Waals surface area contributed by atoms with Crippen LogP contribution >= 0.6 is 0 Å². The van der Waals surface area contributed by atoms with Crippen LogP contribution in [0.4, 0.5) is 0 Å². The second kappa shape index (κ2) is 4.57. The average Bonchev–Trinajstić information content (AvgIpc) is 2.74. The van der Waals surface area contributed by atoms with Gasteiger partial charge in [-0.2, -0.15) is 0 Å². The first-order chi connectivity index (χ1) is 9.90. The first-order valence-electron chi connectivity index (χ1n) is 7.94. The van der Waals surface area contributed by atoms with Gasteiger partial charge in [0.2, 0.25) is 11.8 Å². The number of primary amides is 1. The maximum atomic E-state index is 13.1. The number of hydrogen-bond acceptors (Lipinski definition) is 3. The van der Waals surface area contributed by atoms with Gasteiger partial charge in [0.05, 0.1) is 10.8 Å². The van der Waals surface area contributed by atoms with Crippen LogP contribution in [-0.4, -0.2) is 29.1 Å². The van der Waals surface area contributed by atoms with Crippen LogP contribution in [-0.2, 0) is 14.3 Å². The van der Waals surface area contributed by atoms with Crippen molar-refractivity contribution in [1.82, 2.24) is 5.32 Å². The topological polar surface area (TPSA) is 81.4 Å². The van der Waals surface area contributed by atoms with Crippen molar-refractivity contribution >= 4 is 11.8 Å². The molecule has 5 nitrogen and oxygen atoms in total. The van der Waals surface area contributed by atoms with E-state index in [1.54, 1.807) is 6.92 Å². The van der Waals surface area contributed by atoms with Gasteiger partial charge in [-0.05, 0) is 59.6 Å². The summed E-state index contributed by atoms with van der Waals surface area (Å²) in [7, 11) is 0. The van der Waals surface area contributed by atoms with Gasteiger partial charge in [0.25, 0.3) is 0 Å². The van der Waals surface area contributed by atoms with Crippen LogP contribution in [0, 0.1) is 10.8 Å². The Labute approximate surface area is 132 Å². The van der Waals surface area contributed by atoms with Crippen molar-refractivity contribution in [3.05, 3.63) is 11.6 Å². The van der Waals surface area contributed by atoms with Gasteiger partial charge < -0.3 is 15.8 Å². The van der Waals surface area contributed by atoms with Crippen LogP contribution in [0.5, 0.6) is 0 Å². The molecule has 4 atom stereocenters. The molecule has 2 amide bonds. The molecule has 0 radical (unpaired) electrons. The lowest BCUT2D eigenvalue weighted by Gasteiger charge is -2.49.